The number of carbonyl (C=O) groups is 2. The van der Waals surface area contributed by atoms with Crippen LogP contribution < -0.4 is 10.6 Å². The smallest absolute Gasteiger partial charge is 0.325 e. The van der Waals surface area contributed by atoms with E-state index in [1.54, 1.807) is 6.92 Å². The third kappa shape index (κ3) is 5.14. The molecule has 9 heteroatoms. The standard InChI is InChI=1S/C22H24ClN5O3/c1-2-31-19(29)12-25-22(30)24-11-14-5-7-16(8-6-14)17-9-10-18-21(20(17)23)26-27-28(18)13-15-3-4-15/h5-10,15H,2-4,11-13H2,1H3,(H2,24,25,30). The second-order valence-corrected chi connectivity index (χ2v) is 7.93. The molecule has 2 amide bonds. The minimum Gasteiger partial charge on any atom is -0.465 e. The molecule has 4 rings (SSSR count). The van der Waals surface area contributed by atoms with Crippen molar-refractivity contribution in [3.8, 4) is 11.1 Å². The molecule has 1 aliphatic rings. The summed E-state index contributed by atoms with van der Waals surface area (Å²) in [6.07, 6.45) is 2.50. The highest BCUT2D eigenvalue weighted by molar-refractivity contribution is 6.37. The Bertz CT molecular complexity index is 1090. The Morgan fingerprint density at radius 3 is 2.65 bits per heavy atom. The predicted molar refractivity (Wildman–Crippen MR) is 118 cm³/mol. The number of nitrogens with zero attached hydrogens (tertiary/aromatic N) is 3. The third-order valence-corrected chi connectivity index (χ3v) is 5.55. The molecule has 31 heavy (non-hydrogen) atoms. The van der Waals surface area contributed by atoms with Crippen molar-refractivity contribution in [2.24, 2.45) is 5.92 Å². The van der Waals surface area contributed by atoms with Crippen molar-refractivity contribution in [2.45, 2.75) is 32.9 Å². The lowest BCUT2D eigenvalue weighted by Gasteiger charge is -2.09. The number of esters is 1. The summed E-state index contributed by atoms with van der Waals surface area (Å²) in [6.45, 7) is 3.05. The molecule has 3 aromatic rings. The van der Waals surface area contributed by atoms with Crippen LogP contribution in [0, 0.1) is 5.92 Å². The van der Waals surface area contributed by atoms with Gasteiger partial charge in [0.15, 0.2) is 0 Å². The molecule has 0 spiro atoms. The fourth-order valence-corrected chi connectivity index (χ4v) is 3.63. The van der Waals surface area contributed by atoms with E-state index in [1.807, 2.05) is 41.1 Å². The van der Waals surface area contributed by atoms with E-state index in [0.29, 0.717) is 23.0 Å². The number of hydrogen-bond donors (Lipinski definition) is 2. The molecule has 0 radical (unpaired) electrons. The molecule has 1 aliphatic carbocycles. The molecule has 162 valence electrons. The Labute approximate surface area is 184 Å². The molecule has 0 bridgehead atoms. The van der Waals surface area contributed by atoms with Crippen LogP contribution in [0.4, 0.5) is 4.79 Å². The molecule has 1 aromatic heterocycles. The SMILES string of the molecule is CCOC(=O)CNC(=O)NCc1ccc(-c2ccc3c(nnn3CC3CC3)c2Cl)cc1. The van der Waals surface area contributed by atoms with Crippen molar-refractivity contribution < 1.29 is 14.3 Å². The fourth-order valence-electron chi connectivity index (χ4n) is 3.32. The van der Waals surface area contributed by atoms with Crippen molar-refractivity contribution in [2.75, 3.05) is 13.2 Å². The average Bonchev–Trinajstić information content (AvgIpc) is 3.50. The lowest BCUT2D eigenvalue weighted by atomic mass is 10.0. The van der Waals surface area contributed by atoms with Crippen molar-refractivity contribution in [1.82, 2.24) is 25.6 Å². The molecule has 2 N–H and O–H groups in total. The largest absolute Gasteiger partial charge is 0.465 e. The van der Waals surface area contributed by atoms with E-state index >= 15 is 0 Å². The summed E-state index contributed by atoms with van der Waals surface area (Å²) in [5.41, 5.74) is 4.43. The number of amides is 2. The number of nitrogens with one attached hydrogen (secondary N) is 2. The Kier molecular flexibility index (Phi) is 6.36. The highest BCUT2D eigenvalue weighted by Crippen LogP contribution is 2.35. The van der Waals surface area contributed by atoms with Gasteiger partial charge in [0.1, 0.15) is 12.1 Å². The minimum atomic E-state index is -0.469. The average molecular weight is 442 g/mol. The molecule has 1 fully saturated rings. The Morgan fingerprint density at radius 2 is 1.94 bits per heavy atom. The van der Waals surface area contributed by atoms with Gasteiger partial charge in [-0.05, 0) is 42.9 Å². The van der Waals surface area contributed by atoms with Gasteiger partial charge in [0, 0.05) is 18.7 Å². The van der Waals surface area contributed by atoms with E-state index in [4.69, 9.17) is 16.3 Å². The Morgan fingerprint density at radius 1 is 1.16 bits per heavy atom. The van der Waals surface area contributed by atoms with Gasteiger partial charge in [0.05, 0.1) is 17.1 Å². The van der Waals surface area contributed by atoms with Crippen LogP contribution in [0.1, 0.15) is 25.3 Å². The summed E-state index contributed by atoms with van der Waals surface area (Å²) in [4.78, 5) is 23.1. The van der Waals surface area contributed by atoms with Crippen LogP contribution in [-0.2, 0) is 22.6 Å². The number of hydrogen-bond acceptors (Lipinski definition) is 5. The molecule has 0 atom stereocenters. The number of benzene rings is 2. The highest BCUT2D eigenvalue weighted by atomic mass is 35.5. The zero-order chi connectivity index (χ0) is 21.8. The summed E-state index contributed by atoms with van der Waals surface area (Å²) in [5, 5.41) is 14.3. The highest BCUT2D eigenvalue weighted by Gasteiger charge is 2.23. The van der Waals surface area contributed by atoms with Gasteiger partial charge in [0.25, 0.3) is 0 Å². The monoisotopic (exact) mass is 441 g/mol. The molecule has 2 aromatic carbocycles. The first-order valence-corrected chi connectivity index (χ1v) is 10.7. The van der Waals surface area contributed by atoms with Crippen LogP contribution in [-0.4, -0.2) is 40.1 Å². The lowest BCUT2D eigenvalue weighted by molar-refractivity contribution is -0.141. The maximum absolute atomic E-state index is 11.8. The van der Waals surface area contributed by atoms with Crippen LogP contribution in [0.5, 0.6) is 0 Å². The summed E-state index contributed by atoms with van der Waals surface area (Å²) >= 11 is 6.65. The molecule has 1 saturated carbocycles. The van der Waals surface area contributed by atoms with E-state index in [9.17, 15) is 9.59 Å². The summed E-state index contributed by atoms with van der Waals surface area (Å²) in [5.74, 6) is 0.236. The predicted octanol–water partition coefficient (Wildman–Crippen LogP) is 3.52. The third-order valence-electron chi connectivity index (χ3n) is 5.17. The molecular weight excluding hydrogens is 418 g/mol. The topological polar surface area (TPSA) is 98.1 Å². The van der Waals surface area contributed by atoms with Gasteiger partial charge in [-0.15, -0.1) is 5.10 Å². The second-order valence-electron chi connectivity index (χ2n) is 7.55. The van der Waals surface area contributed by atoms with Crippen molar-refractivity contribution >= 4 is 34.6 Å². The number of aromatic nitrogens is 3. The van der Waals surface area contributed by atoms with Gasteiger partial charge in [-0.1, -0.05) is 47.1 Å². The van der Waals surface area contributed by atoms with Crippen LogP contribution in [0.2, 0.25) is 5.02 Å². The number of fused-ring (bicyclic) bond motifs is 1. The summed E-state index contributed by atoms with van der Waals surface area (Å²) in [7, 11) is 0. The van der Waals surface area contributed by atoms with Gasteiger partial charge in [-0.3, -0.25) is 4.79 Å². The van der Waals surface area contributed by atoms with Gasteiger partial charge in [-0.25, -0.2) is 9.48 Å². The van der Waals surface area contributed by atoms with E-state index in [0.717, 1.165) is 28.8 Å². The van der Waals surface area contributed by atoms with Crippen molar-refractivity contribution in [1.29, 1.82) is 0 Å². The second kappa shape index (κ2) is 9.34. The van der Waals surface area contributed by atoms with Crippen LogP contribution in [0.15, 0.2) is 36.4 Å². The quantitative estimate of drug-likeness (QED) is 0.521. The number of carbonyl (C=O) groups excluding carboxylic acids is 2. The van der Waals surface area contributed by atoms with E-state index in [-0.39, 0.29) is 13.2 Å². The van der Waals surface area contributed by atoms with E-state index < -0.39 is 12.0 Å². The first-order chi connectivity index (χ1) is 15.0. The molecule has 0 aliphatic heterocycles. The zero-order valence-electron chi connectivity index (χ0n) is 17.2. The Balaban J connectivity index is 1.38. The van der Waals surface area contributed by atoms with Gasteiger partial charge < -0.3 is 15.4 Å². The lowest BCUT2D eigenvalue weighted by Crippen LogP contribution is -2.38. The van der Waals surface area contributed by atoms with Gasteiger partial charge >= 0.3 is 12.0 Å². The molecule has 1 heterocycles. The molecule has 8 nitrogen and oxygen atoms in total. The van der Waals surface area contributed by atoms with Gasteiger partial charge in [-0.2, -0.15) is 0 Å². The van der Waals surface area contributed by atoms with E-state index in [1.165, 1.54) is 12.8 Å². The summed E-state index contributed by atoms with van der Waals surface area (Å²) < 4.78 is 6.70. The Hall–Kier alpha value is -3.13. The van der Waals surface area contributed by atoms with Crippen LogP contribution >= 0.6 is 11.6 Å². The van der Waals surface area contributed by atoms with E-state index in [2.05, 4.69) is 20.9 Å². The van der Waals surface area contributed by atoms with Crippen LogP contribution in [0.3, 0.4) is 0 Å². The molecule has 0 saturated heterocycles. The maximum atomic E-state index is 11.8. The minimum absolute atomic E-state index is 0.162. The first-order valence-electron chi connectivity index (χ1n) is 10.3. The number of ether oxygens (including phenoxy) is 1. The normalized spacial score (nSPS) is 13.2. The zero-order valence-corrected chi connectivity index (χ0v) is 18.0. The van der Waals surface area contributed by atoms with Crippen LogP contribution in [0.25, 0.3) is 22.2 Å². The van der Waals surface area contributed by atoms with Crippen molar-refractivity contribution in [3.63, 3.8) is 0 Å². The number of halogens is 1. The molecule has 0 unspecified atom stereocenters. The number of urea groups is 1. The summed E-state index contributed by atoms with van der Waals surface area (Å²) in [6, 6.07) is 11.3. The van der Waals surface area contributed by atoms with Crippen molar-refractivity contribution in [3.05, 3.63) is 47.0 Å². The molecular formula is C22H24ClN5O3. The fraction of sp³-hybridized carbons (Fsp3) is 0.364. The van der Waals surface area contributed by atoms with Gasteiger partial charge in [0.2, 0.25) is 0 Å². The first kappa shape index (κ1) is 21.1. The maximum Gasteiger partial charge on any atom is 0.325 e. The number of rotatable bonds is 8.